The minimum Gasteiger partial charge on any atom is -0.491 e. The lowest BCUT2D eigenvalue weighted by molar-refractivity contribution is -0.00699. The standard InChI is InChI=1S/C31H46O7/c1-2-3-4-5-6-7-8-28-9-13-30(14-10-28)37-25-23-35-21-19-33-17-18-34-20-22-36-24-26-38-31-15-11-29(27-32)12-16-31/h9-16,27H,2-8,17-26H2,1H3. The summed E-state index contributed by atoms with van der Waals surface area (Å²) in [4.78, 5) is 10.6. The Balaban J connectivity index is 1.30. The topological polar surface area (TPSA) is 72.5 Å². The van der Waals surface area contributed by atoms with Crippen LogP contribution in [0.15, 0.2) is 48.5 Å². The van der Waals surface area contributed by atoms with Crippen molar-refractivity contribution in [2.75, 3.05) is 66.1 Å². The van der Waals surface area contributed by atoms with Gasteiger partial charge < -0.3 is 28.4 Å². The summed E-state index contributed by atoms with van der Waals surface area (Å²) in [5.41, 5.74) is 2.00. The molecule has 212 valence electrons. The van der Waals surface area contributed by atoms with Crippen molar-refractivity contribution in [2.45, 2.75) is 51.9 Å². The molecule has 0 spiro atoms. The second kappa shape index (κ2) is 22.5. The van der Waals surface area contributed by atoms with E-state index < -0.39 is 0 Å². The van der Waals surface area contributed by atoms with Crippen LogP contribution in [0.25, 0.3) is 0 Å². The Bertz CT molecular complexity index is 808. The number of unbranched alkanes of at least 4 members (excludes halogenated alkanes) is 5. The van der Waals surface area contributed by atoms with Crippen molar-refractivity contribution >= 4 is 6.29 Å². The minimum atomic E-state index is 0.445. The van der Waals surface area contributed by atoms with E-state index in [2.05, 4.69) is 19.1 Å². The minimum absolute atomic E-state index is 0.445. The van der Waals surface area contributed by atoms with Gasteiger partial charge in [0.2, 0.25) is 0 Å². The summed E-state index contributed by atoms with van der Waals surface area (Å²) < 4.78 is 33.3. The van der Waals surface area contributed by atoms with Gasteiger partial charge in [0.05, 0.1) is 52.9 Å². The van der Waals surface area contributed by atoms with Gasteiger partial charge in [-0.2, -0.15) is 0 Å². The highest BCUT2D eigenvalue weighted by Gasteiger charge is 1.99. The molecule has 0 radical (unpaired) electrons. The average Bonchev–Trinajstić information content (AvgIpc) is 2.95. The zero-order chi connectivity index (χ0) is 26.9. The Labute approximate surface area is 228 Å². The van der Waals surface area contributed by atoms with Crippen molar-refractivity contribution in [3.05, 3.63) is 59.7 Å². The highest BCUT2D eigenvalue weighted by molar-refractivity contribution is 5.74. The van der Waals surface area contributed by atoms with Gasteiger partial charge in [-0.1, -0.05) is 51.2 Å². The molecular formula is C31H46O7. The summed E-state index contributed by atoms with van der Waals surface area (Å²) in [6, 6.07) is 15.4. The van der Waals surface area contributed by atoms with Crippen LogP contribution >= 0.6 is 0 Å². The maximum Gasteiger partial charge on any atom is 0.150 e. The first-order valence-electron chi connectivity index (χ1n) is 14.0. The molecule has 0 N–H and O–H groups in total. The van der Waals surface area contributed by atoms with Gasteiger partial charge in [0.15, 0.2) is 0 Å². The third-order valence-corrected chi connectivity index (χ3v) is 5.87. The Kier molecular flexibility index (Phi) is 18.8. The highest BCUT2D eigenvalue weighted by Crippen LogP contribution is 2.15. The Morgan fingerprint density at radius 2 is 0.947 bits per heavy atom. The van der Waals surface area contributed by atoms with Gasteiger partial charge in [-0.3, -0.25) is 4.79 Å². The summed E-state index contributed by atoms with van der Waals surface area (Å²) in [5.74, 6) is 1.60. The van der Waals surface area contributed by atoms with Gasteiger partial charge in [0.1, 0.15) is 31.0 Å². The maximum atomic E-state index is 10.6. The van der Waals surface area contributed by atoms with Gasteiger partial charge in [-0.15, -0.1) is 0 Å². The van der Waals surface area contributed by atoms with Crippen molar-refractivity contribution in [3.63, 3.8) is 0 Å². The molecule has 38 heavy (non-hydrogen) atoms. The summed E-state index contributed by atoms with van der Waals surface area (Å²) >= 11 is 0. The Morgan fingerprint density at radius 1 is 0.526 bits per heavy atom. The van der Waals surface area contributed by atoms with E-state index in [1.807, 2.05) is 12.1 Å². The monoisotopic (exact) mass is 530 g/mol. The van der Waals surface area contributed by atoms with E-state index in [4.69, 9.17) is 28.4 Å². The molecule has 0 saturated carbocycles. The number of hydrogen-bond acceptors (Lipinski definition) is 7. The van der Waals surface area contributed by atoms with Gasteiger partial charge in [0, 0.05) is 5.56 Å². The van der Waals surface area contributed by atoms with E-state index in [0.717, 1.165) is 18.5 Å². The lowest BCUT2D eigenvalue weighted by Crippen LogP contribution is -2.14. The molecule has 7 heteroatoms. The first-order valence-corrected chi connectivity index (χ1v) is 14.0. The molecule has 2 aromatic carbocycles. The smallest absolute Gasteiger partial charge is 0.150 e. The fourth-order valence-corrected chi connectivity index (χ4v) is 3.70. The number of aryl methyl sites for hydroxylation is 1. The van der Waals surface area contributed by atoms with Crippen molar-refractivity contribution in [2.24, 2.45) is 0 Å². The molecular weight excluding hydrogens is 484 g/mol. The molecule has 7 nitrogen and oxygen atoms in total. The lowest BCUT2D eigenvalue weighted by atomic mass is 10.0. The summed E-state index contributed by atoms with van der Waals surface area (Å²) in [5, 5.41) is 0. The van der Waals surface area contributed by atoms with Crippen LogP contribution in [0.2, 0.25) is 0 Å². The molecule has 0 saturated heterocycles. The number of rotatable bonds is 25. The fourth-order valence-electron chi connectivity index (χ4n) is 3.70. The predicted molar refractivity (Wildman–Crippen MR) is 150 cm³/mol. The number of carbonyl (C=O) groups excluding carboxylic acids is 1. The van der Waals surface area contributed by atoms with Gasteiger partial charge in [-0.05, 0) is 54.8 Å². The number of carbonyl (C=O) groups is 1. The fraction of sp³-hybridized carbons (Fsp3) is 0.581. The largest absolute Gasteiger partial charge is 0.491 e. The quantitative estimate of drug-likeness (QED) is 0.116. The second-order valence-electron chi connectivity index (χ2n) is 9.00. The summed E-state index contributed by atoms with van der Waals surface area (Å²) in [6.45, 7) is 7.32. The van der Waals surface area contributed by atoms with Crippen LogP contribution in [0.4, 0.5) is 0 Å². The van der Waals surface area contributed by atoms with Crippen LogP contribution in [0.1, 0.15) is 61.4 Å². The SMILES string of the molecule is CCCCCCCCc1ccc(OCCOCCOCCOCCOCCOc2ccc(C=O)cc2)cc1. The molecule has 0 aliphatic heterocycles. The number of ether oxygens (including phenoxy) is 6. The zero-order valence-electron chi connectivity index (χ0n) is 23.1. The maximum absolute atomic E-state index is 10.6. The molecule has 0 bridgehead atoms. The molecule has 0 aliphatic carbocycles. The van der Waals surface area contributed by atoms with Crippen LogP contribution in [-0.2, 0) is 25.4 Å². The van der Waals surface area contributed by atoms with E-state index in [0.29, 0.717) is 77.4 Å². The van der Waals surface area contributed by atoms with Crippen molar-refractivity contribution < 1.29 is 33.2 Å². The average molecular weight is 531 g/mol. The highest BCUT2D eigenvalue weighted by atomic mass is 16.6. The summed E-state index contributed by atoms with van der Waals surface area (Å²) in [6.07, 6.45) is 9.91. The first-order chi connectivity index (χ1) is 18.8. The van der Waals surface area contributed by atoms with Gasteiger partial charge in [0.25, 0.3) is 0 Å². The van der Waals surface area contributed by atoms with E-state index in [-0.39, 0.29) is 0 Å². The zero-order valence-corrected chi connectivity index (χ0v) is 23.1. The molecule has 0 atom stereocenters. The van der Waals surface area contributed by atoms with Crippen LogP contribution < -0.4 is 9.47 Å². The molecule has 0 heterocycles. The van der Waals surface area contributed by atoms with Crippen LogP contribution in [0.3, 0.4) is 0 Å². The Hall–Kier alpha value is -2.45. The van der Waals surface area contributed by atoms with Crippen LogP contribution in [0, 0.1) is 0 Å². The van der Waals surface area contributed by atoms with Gasteiger partial charge in [-0.25, -0.2) is 0 Å². The number of hydrogen-bond donors (Lipinski definition) is 0. The van der Waals surface area contributed by atoms with E-state index >= 15 is 0 Å². The molecule has 0 unspecified atom stereocenters. The van der Waals surface area contributed by atoms with Crippen molar-refractivity contribution in [1.82, 2.24) is 0 Å². The number of aldehydes is 1. The molecule has 0 fully saturated rings. The molecule has 2 aromatic rings. The van der Waals surface area contributed by atoms with E-state index in [1.165, 1.54) is 44.1 Å². The molecule has 0 aliphatic rings. The Morgan fingerprint density at radius 3 is 1.42 bits per heavy atom. The van der Waals surface area contributed by atoms with Crippen LogP contribution in [-0.4, -0.2) is 72.4 Å². The van der Waals surface area contributed by atoms with E-state index in [1.54, 1.807) is 24.3 Å². The summed E-state index contributed by atoms with van der Waals surface area (Å²) in [7, 11) is 0. The predicted octanol–water partition coefficient (Wildman–Crippen LogP) is 5.93. The molecule has 0 aromatic heterocycles. The van der Waals surface area contributed by atoms with Crippen LogP contribution in [0.5, 0.6) is 11.5 Å². The molecule has 0 amide bonds. The lowest BCUT2D eigenvalue weighted by Gasteiger charge is -2.09. The third kappa shape index (κ3) is 16.4. The molecule has 2 rings (SSSR count). The normalized spacial score (nSPS) is 11.0. The number of benzene rings is 2. The third-order valence-electron chi connectivity index (χ3n) is 5.87. The second-order valence-corrected chi connectivity index (χ2v) is 9.00. The van der Waals surface area contributed by atoms with Crippen molar-refractivity contribution in [1.29, 1.82) is 0 Å². The first kappa shape index (κ1) is 31.8. The van der Waals surface area contributed by atoms with Crippen molar-refractivity contribution in [3.8, 4) is 11.5 Å². The van der Waals surface area contributed by atoms with E-state index in [9.17, 15) is 4.79 Å². The van der Waals surface area contributed by atoms with Gasteiger partial charge >= 0.3 is 0 Å².